The van der Waals surface area contributed by atoms with Crippen LogP contribution in [0.15, 0.2) is 30.3 Å². The molecular weight excluding hydrogens is 223 g/mol. The van der Waals surface area contributed by atoms with E-state index in [0.29, 0.717) is 0 Å². The van der Waals surface area contributed by atoms with Crippen LogP contribution in [0.5, 0.6) is 0 Å². The molecule has 0 bridgehead atoms. The normalized spacial score (nSPS) is 10.8. The molecule has 0 heterocycles. The van der Waals surface area contributed by atoms with Crippen LogP contribution in [0, 0.1) is 0 Å². The Morgan fingerprint density at radius 1 is 0.857 bits per heavy atom. The summed E-state index contributed by atoms with van der Waals surface area (Å²) < 4.78 is 0. The molecule has 1 rings (SSSR count). The summed E-state index contributed by atoms with van der Waals surface area (Å²) in [5, 5.41) is 28.3. The number of hydrogen-bond donors (Lipinski definition) is 3. The Hall–Kier alpha value is -0.180. The first kappa shape index (κ1) is 13.8. The number of rotatable bonds is 4. The maximum Gasteiger partial charge on any atom is 0.163 e. The zero-order valence-corrected chi connectivity index (χ0v) is 9.33. The summed E-state index contributed by atoms with van der Waals surface area (Å²) in [6.07, 6.45) is -0.446. The molecular formula is C9H14ClO3P. The summed E-state index contributed by atoms with van der Waals surface area (Å²) in [4.78, 5) is 0. The zero-order chi connectivity index (χ0) is 9.73. The molecule has 0 fully saturated rings. The minimum absolute atomic E-state index is 0. The lowest BCUT2D eigenvalue weighted by Crippen LogP contribution is -3.00. The molecule has 0 aromatic heterocycles. The highest BCUT2D eigenvalue weighted by Crippen LogP contribution is 2.54. The lowest BCUT2D eigenvalue weighted by molar-refractivity contribution is -0.00000523. The topological polar surface area (TPSA) is 60.7 Å². The Morgan fingerprint density at radius 2 is 1.29 bits per heavy atom. The molecule has 0 aliphatic heterocycles. The fourth-order valence-corrected chi connectivity index (χ4v) is 2.69. The van der Waals surface area contributed by atoms with Crippen molar-refractivity contribution in [3.63, 3.8) is 0 Å². The van der Waals surface area contributed by atoms with Gasteiger partial charge in [-0.25, -0.2) is 0 Å². The standard InChI is InChI=1S/C9H14O3P.ClH/c10-6-13(7-11,8-12)9-4-2-1-3-5-9;/h1-5,10-12H,6-8H2;1H/q+1;/p-1. The molecule has 0 aliphatic rings. The minimum atomic E-state index is -2.12. The SMILES string of the molecule is OC[P+](CO)(CO)c1ccccc1.[Cl-]. The van der Waals surface area contributed by atoms with Gasteiger partial charge in [-0.05, 0) is 12.1 Å². The van der Waals surface area contributed by atoms with Crippen molar-refractivity contribution in [2.24, 2.45) is 0 Å². The second kappa shape index (κ2) is 6.33. The van der Waals surface area contributed by atoms with Crippen LogP contribution < -0.4 is 17.7 Å². The Labute approximate surface area is 90.1 Å². The van der Waals surface area contributed by atoms with Crippen molar-refractivity contribution in [3.05, 3.63) is 30.3 Å². The molecule has 0 spiro atoms. The van der Waals surface area contributed by atoms with Crippen molar-refractivity contribution in [1.82, 2.24) is 0 Å². The summed E-state index contributed by atoms with van der Waals surface area (Å²) in [5.41, 5.74) is 0. The lowest BCUT2D eigenvalue weighted by Gasteiger charge is -2.19. The molecule has 0 unspecified atom stereocenters. The van der Waals surface area contributed by atoms with Crippen molar-refractivity contribution in [3.8, 4) is 0 Å². The van der Waals surface area contributed by atoms with Crippen LogP contribution in [0.1, 0.15) is 0 Å². The Bertz CT molecular complexity index is 243. The molecule has 0 atom stereocenters. The van der Waals surface area contributed by atoms with Crippen molar-refractivity contribution >= 4 is 12.6 Å². The molecule has 80 valence electrons. The summed E-state index contributed by atoms with van der Waals surface area (Å²) >= 11 is 0. The third-order valence-corrected chi connectivity index (χ3v) is 5.13. The first-order chi connectivity index (χ1) is 6.29. The van der Waals surface area contributed by atoms with E-state index in [-0.39, 0.29) is 31.5 Å². The average Bonchev–Trinajstić information content (AvgIpc) is 2.23. The number of aliphatic hydroxyl groups excluding tert-OH is 3. The summed E-state index contributed by atoms with van der Waals surface area (Å²) in [6, 6.07) is 9.20. The van der Waals surface area contributed by atoms with Gasteiger partial charge in [0.15, 0.2) is 19.0 Å². The van der Waals surface area contributed by atoms with Gasteiger partial charge in [-0.15, -0.1) is 0 Å². The van der Waals surface area contributed by atoms with Crippen LogP contribution in [-0.2, 0) is 0 Å². The highest BCUT2D eigenvalue weighted by molar-refractivity contribution is 7.82. The van der Waals surface area contributed by atoms with Crippen LogP contribution in [0.3, 0.4) is 0 Å². The Balaban J connectivity index is 0.00000169. The minimum Gasteiger partial charge on any atom is -1.00 e. The number of hydrogen-bond acceptors (Lipinski definition) is 3. The van der Waals surface area contributed by atoms with E-state index in [1.54, 1.807) is 0 Å². The average molecular weight is 237 g/mol. The molecule has 1 aromatic rings. The van der Waals surface area contributed by atoms with E-state index in [1.165, 1.54) is 0 Å². The Morgan fingerprint density at radius 3 is 1.64 bits per heavy atom. The molecule has 0 saturated heterocycles. The van der Waals surface area contributed by atoms with E-state index in [2.05, 4.69) is 0 Å². The quantitative estimate of drug-likeness (QED) is 0.495. The maximum atomic E-state index is 9.16. The van der Waals surface area contributed by atoms with Gasteiger partial charge in [0.05, 0.1) is 0 Å². The summed E-state index contributed by atoms with van der Waals surface area (Å²) in [6.45, 7) is 0. The van der Waals surface area contributed by atoms with Gasteiger partial charge >= 0.3 is 0 Å². The van der Waals surface area contributed by atoms with Crippen molar-refractivity contribution in [2.75, 3.05) is 19.0 Å². The van der Waals surface area contributed by atoms with Crippen molar-refractivity contribution in [2.45, 2.75) is 0 Å². The van der Waals surface area contributed by atoms with E-state index in [0.717, 1.165) is 5.30 Å². The molecule has 3 nitrogen and oxygen atoms in total. The lowest BCUT2D eigenvalue weighted by atomic mass is 10.4. The molecule has 5 heteroatoms. The van der Waals surface area contributed by atoms with E-state index in [4.69, 9.17) is 15.3 Å². The van der Waals surface area contributed by atoms with Crippen LogP contribution in [0.4, 0.5) is 0 Å². The third kappa shape index (κ3) is 2.66. The second-order valence-electron chi connectivity index (χ2n) is 2.90. The molecule has 0 radical (unpaired) electrons. The number of halogens is 1. The van der Waals surface area contributed by atoms with Crippen LogP contribution in [-0.4, -0.2) is 34.4 Å². The van der Waals surface area contributed by atoms with Crippen molar-refractivity contribution < 1.29 is 27.7 Å². The van der Waals surface area contributed by atoms with Crippen LogP contribution >= 0.6 is 7.26 Å². The molecule has 3 N–H and O–H groups in total. The summed E-state index contributed by atoms with van der Waals surface area (Å²) in [5.74, 6) is 0. The van der Waals surface area contributed by atoms with Gasteiger partial charge in [0.1, 0.15) is 12.6 Å². The number of benzene rings is 1. The maximum absolute atomic E-state index is 9.16. The molecule has 0 amide bonds. The largest absolute Gasteiger partial charge is 1.00 e. The second-order valence-corrected chi connectivity index (χ2v) is 6.56. The molecule has 1 aromatic carbocycles. The fraction of sp³-hybridized carbons (Fsp3) is 0.333. The zero-order valence-electron chi connectivity index (χ0n) is 7.67. The highest BCUT2D eigenvalue weighted by atomic mass is 35.5. The monoisotopic (exact) mass is 236 g/mol. The predicted octanol–water partition coefficient (Wildman–Crippen LogP) is -2.82. The van der Waals surface area contributed by atoms with Crippen LogP contribution in [0.25, 0.3) is 0 Å². The Kier molecular flexibility index (Phi) is 6.25. The van der Waals surface area contributed by atoms with Gasteiger partial charge in [0.25, 0.3) is 0 Å². The first-order valence-corrected chi connectivity index (χ1v) is 6.38. The van der Waals surface area contributed by atoms with E-state index < -0.39 is 7.26 Å². The molecule has 14 heavy (non-hydrogen) atoms. The van der Waals surface area contributed by atoms with Gasteiger partial charge in [0, 0.05) is 0 Å². The number of aliphatic hydroxyl groups is 3. The predicted molar refractivity (Wildman–Crippen MR) is 54.3 cm³/mol. The van der Waals surface area contributed by atoms with Gasteiger partial charge in [0.2, 0.25) is 0 Å². The highest BCUT2D eigenvalue weighted by Gasteiger charge is 2.38. The molecule has 0 aliphatic carbocycles. The summed E-state index contributed by atoms with van der Waals surface area (Å²) in [7, 11) is -2.12. The smallest absolute Gasteiger partial charge is 0.163 e. The van der Waals surface area contributed by atoms with E-state index in [1.807, 2.05) is 30.3 Å². The van der Waals surface area contributed by atoms with Crippen molar-refractivity contribution in [1.29, 1.82) is 0 Å². The van der Waals surface area contributed by atoms with Gasteiger partial charge in [-0.2, -0.15) is 0 Å². The fourth-order valence-electron chi connectivity index (χ4n) is 1.12. The third-order valence-electron chi connectivity index (χ3n) is 2.12. The van der Waals surface area contributed by atoms with Gasteiger partial charge in [-0.3, -0.25) is 0 Å². The van der Waals surface area contributed by atoms with Gasteiger partial charge < -0.3 is 27.7 Å². The first-order valence-electron chi connectivity index (χ1n) is 4.03. The van der Waals surface area contributed by atoms with E-state index >= 15 is 0 Å². The van der Waals surface area contributed by atoms with Crippen LogP contribution in [0.2, 0.25) is 0 Å². The van der Waals surface area contributed by atoms with E-state index in [9.17, 15) is 0 Å². The van der Waals surface area contributed by atoms with Gasteiger partial charge in [-0.1, -0.05) is 18.2 Å². The molecule has 0 saturated carbocycles.